The van der Waals surface area contributed by atoms with Crippen LogP contribution in [0.25, 0.3) is 21.9 Å². The van der Waals surface area contributed by atoms with E-state index in [1.807, 2.05) is 0 Å². The van der Waals surface area contributed by atoms with Gasteiger partial charge in [-0.1, -0.05) is 76.2 Å². The van der Waals surface area contributed by atoms with Gasteiger partial charge in [0.2, 0.25) is 0 Å². The molecular weight excluding hydrogens is 623 g/mol. The van der Waals surface area contributed by atoms with Crippen LogP contribution in [0.3, 0.4) is 0 Å². The molecule has 6 aliphatic rings. The highest BCUT2D eigenvalue weighted by Crippen LogP contribution is 2.89. The van der Waals surface area contributed by atoms with Gasteiger partial charge >= 0.3 is 0 Å². The van der Waals surface area contributed by atoms with Crippen LogP contribution in [0.4, 0.5) is 17.1 Å². The molecule has 2 spiro atoms. The molecular formula is C48H45NO2. The largest absolute Gasteiger partial charge is 0.457 e. The summed E-state index contributed by atoms with van der Waals surface area (Å²) in [6.07, 6.45) is 8.02. The van der Waals surface area contributed by atoms with Crippen LogP contribution in [0, 0.1) is 29.1 Å². The average molecular weight is 668 g/mol. The van der Waals surface area contributed by atoms with E-state index in [1.54, 1.807) is 0 Å². The van der Waals surface area contributed by atoms with Gasteiger partial charge in [0.1, 0.15) is 22.7 Å². The molecule has 0 radical (unpaired) electrons. The topological polar surface area (TPSA) is 25.6 Å². The Kier molecular flexibility index (Phi) is 5.30. The number of nitrogens with zero attached hydrogens (tertiary/aromatic N) is 1. The van der Waals surface area contributed by atoms with Gasteiger partial charge in [0.25, 0.3) is 0 Å². The first-order valence-electron chi connectivity index (χ1n) is 19.5. The van der Waals surface area contributed by atoms with Gasteiger partial charge in [0, 0.05) is 38.7 Å². The van der Waals surface area contributed by atoms with E-state index >= 15 is 0 Å². The average Bonchev–Trinajstić information content (AvgIpc) is 3.79. The highest BCUT2D eigenvalue weighted by molar-refractivity contribution is 6.06. The van der Waals surface area contributed by atoms with Crippen molar-refractivity contribution in [3.63, 3.8) is 0 Å². The Bertz CT molecular complexity index is 2480. The molecule has 254 valence electrons. The predicted octanol–water partition coefficient (Wildman–Crippen LogP) is 12.9. The number of anilines is 3. The zero-order valence-electron chi connectivity index (χ0n) is 30.1. The lowest BCUT2D eigenvalue weighted by Crippen LogP contribution is -2.74. The quantitative estimate of drug-likeness (QED) is 0.188. The second kappa shape index (κ2) is 9.29. The third kappa shape index (κ3) is 3.38. The number of para-hydroxylation sites is 2. The van der Waals surface area contributed by atoms with Gasteiger partial charge in [0.15, 0.2) is 0 Å². The maximum absolute atomic E-state index is 6.86. The molecule has 0 amide bonds. The summed E-state index contributed by atoms with van der Waals surface area (Å²) >= 11 is 0. The van der Waals surface area contributed by atoms with E-state index in [9.17, 15) is 0 Å². The SMILES string of the molecule is CC1(C)CCC(C)(C)c2c(N(c3ccc4c(c3)C3(c5ccccc5O4)C4CC5CC6CC3C64C5)c3ccc4oc5ccccc5c4c3)cccc21. The number of hydrogen-bond acceptors (Lipinski definition) is 3. The molecule has 1 aromatic heterocycles. The van der Waals surface area contributed by atoms with Gasteiger partial charge in [-0.05, 0) is 144 Å². The molecule has 6 aromatic rings. The Morgan fingerprint density at radius 3 is 2.24 bits per heavy atom. The maximum atomic E-state index is 6.86. The van der Waals surface area contributed by atoms with Crippen molar-refractivity contribution in [1.29, 1.82) is 0 Å². The van der Waals surface area contributed by atoms with Crippen LogP contribution < -0.4 is 9.64 Å². The lowest BCUT2D eigenvalue weighted by atomic mass is 9.26. The maximum Gasteiger partial charge on any atom is 0.135 e. The molecule has 4 fully saturated rings. The lowest BCUT2D eigenvalue weighted by Gasteiger charge is -2.77. The van der Waals surface area contributed by atoms with Crippen molar-refractivity contribution in [2.75, 3.05) is 4.90 Å². The molecule has 5 aromatic carbocycles. The summed E-state index contributed by atoms with van der Waals surface area (Å²) < 4.78 is 13.2. The number of benzene rings is 5. The fraction of sp³-hybridized carbons (Fsp3) is 0.375. The highest BCUT2D eigenvalue weighted by Gasteiger charge is 2.84. The monoisotopic (exact) mass is 667 g/mol. The van der Waals surface area contributed by atoms with Gasteiger partial charge in [-0.2, -0.15) is 0 Å². The van der Waals surface area contributed by atoms with E-state index in [1.165, 1.54) is 71.4 Å². The second-order valence-corrected chi connectivity index (χ2v) is 18.4. The molecule has 1 aliphatic heterocycles. The molecule has 6 unspecified atom stereocenters. The summed E-state index contributed by atoms with van der Waals surface area (Å²) in [6.45, 7) is 9.78. The number of ether oxygens (including phenoxy) is 1. The Balaban J connectivity index is 1.12. The van der Waals surface area contributed by atoms with E-state index in [2.05, 4.69) is 136 Å². The number of hydrogen-bond donors (Lipinski definition) is 0. The van der Waals surface area contributed by atoms with Crippen LogP contribution in [0.5, 0.6) is 11.5 Å². The minimum absolute atomic E-state index is 0.0274. The van der Waals surface area contributed by atoms with Crippen LogP contribution in [0.2, 0.25) is 0 Å². The summed E-state index contributed by atoms with van der Waals surface area (Å²) in [5, 5.41) is 2.32. The van der Waals surface area contributed by atoms with Gasteiger partial charge in [-0.15, -0.1) is 0 Å². The first-order chi connectivity index (χ1) is 24.7. The van der Waals surface area contributed by atoms with Crippen LogP contribution in [0.15, 0.2) is 108 Å². The molecule has 3 heteroatoms. The Labute approximate surface area is 300 Å². The van der Waals surface area contributed by atoms with Crippen molar-refractivity contribution in [3.05, 3.63) is 125 Å². The molecule has 6 atom stereocenters. The van der Waals surface area contributed by atoms with E-state index in [4.69, 9.17) is 9.15 Å². The fourth-order valence-corrected chi connectivity index (χ4v) is 13.4. The lowest BCUT2D eigenvalue weighted by molar-refractivity contribution is -0.235. The van der Waals surface area contributed by atoms with Crippen molar-refractivity contribution < 1.29 is 9.15 Å². The summed E-state index contributed by atoms with van der Waals surface area (Å²) in [6, 6.07) is 38.6. The molecule has 5 aliphatic carbocycles. The molecule has 0 saturated heterocycles. The second-order valence-electron chi connectivity index (χ2n) is 18.4. The van der Waals surface area contributed by atoms with Crippen molar-refractivity contribution in [3.8, 4) is 11.5 Å². The van der Waals surface area contributed by atoms with Crippen molar-refractivity contribution in [1.82, 2.24) is 0 Å². The number of furan rings is 1. The molecule has 12 rings (SSSR count). The van der Waals surface area contributed by atoms with Crippen LogP contribution in [-0.2, 0) is 16.2 Å². The summed E-state index contributed by atoms with van der Waals surface area (Å²) in [5.41, 5.74) is 12.1. The van der Waals surface area contributed by atoms with Crippen LogP contribution in [0.1, 0.15) is 88.5 Å². The summed E-state index contributed by atoms with van der Waals surface area (Å²) in [5.74, 6) is 5.39. The number of rotatable bonds is 3. The Morgan fingerprint density at radius 1 is 0.608 bits per heavy atom. The van der Waals surface area contributed by atoms with Gasteiger partial charge in [-0.25, -0.2) is 0 Å². The zero-order chi connectivity index (χ0) is 34.1. The van der Waals surface area contributed by atoms with Gasteiger partial charge in [-0.3, -0.25) is 0 Å². The zero-order valence-corrected chi connectivity index (χ0v) is 30.1. The van der Waals surface area contributed by atoms with Gasteiger partial charge in [0.05, 0.1) is 5.69 Å². The van der Waals surface area contributed by atoms with E-state index < -0.39 is 0 Å². The Hall–Kier alpha value is -4.50. The smallest absolute Gasteiger partial charge is 0.135 e. The van der Waals surface area contributed by atoms with Crippen LogP contribution in [-0.4, -0.2) is 0 Å². The predicted molar refractivity (Wildman–Crippen MR) is 206 cm³/mol. The first kappa shape index (κ1) is 29.1. The van der Waals surface area contributed by atoms with E-state index in [-0.39, 0.29) is 16.2 Å². The van der Waals surface area contributed by atoms with Crippen molar-refractivity contribution in [2.24, 2.45) is 29.1 Å². The standard InChI is InChI=1S/C48H45NO2/c1-45(2)20-21-46(3,4)44-35(45)12-9-13-37(44)49(30-16-18-39-33(25-30)32-10-5-7-14-38(32)50-39)31-17-19-41-36(26-31)48(34-11-6-8-15-40(34)51-41)42-23-28-22-29-24-43(48)47(29,42)27-28/h5-19,25-26,28-29,42-43H,20-24,27H2,1-4H3. The normalized spacial score (nSPS) is 30.9. The minimum Gasteiger partial charge on any atom is -0.457 e. The molecule has 2 heterocycles. The van der Waals surface area contributed by atoms with E-state index in [0.29, 0.717) is 17.3 Å². The molecule has 0 N–H and O–H groups in total. The third-order valence-corrected chi connectivity index (χ3v) is 15.4. The third-order valence-electron chi connectivity index (χ3n) is 15.4. The number of fused-ring (bicyclic) bond motifs is 11. The van der Waals surface area contributed by atoms with Crippen molar-refractivity contribution >= 4 is 39.0 Å². The molecule has 4 saturated carbocycles. The van der Waals surface area contributed by atoms with E-state index in [0.717, 1.165) is 51.7 Å². The summed E-state index contributed by atoms with van der Waals surface area (Å²) in [4.78, 5) is 2.58. The van der Waals surface area contributed by atoms with Gasteiger partial charge < -0.3 is 14.1 Å². The summed E-state index contributed by atoms with van der Waals surface area (Å²) in [7, 11) is 0. The molecule has 51 heavy (non-hydrogen) atoms. The fourth-order valence-electron chi connectivity index (χ4n) is 13.4. The minimum atomic E-state index is 0.0274. The van der Waals surface area contributed by atoms with Crippen LogP contribution >= 0.6 is 0 Å². The molecule has 2 bridgehead atoms. The Morgan fingerprint density at radius 2 is 1.33 bits per heavy atom. The highest BCUT2D eigenvalue weighted by atomic mass is 16.5. The van der Waals surface area contributed by atoms with Crippen molar-refractivity contribution in [2.45, 2.75) is 82.5 Å². The molecule has 3 nitrogen and oxygen atoms in total. The first-order valence-corrected chi connectivity index (χ1v) is 19.5.